The van der Waals surface area contributed by atoms with E-state index >= 15 is 0 Å². The third-order valence-electron chi connectivity index (χ3n) is 5.52. The molecular formula is C24H22ClN3O3. The van der Waals surface area contributed by atoms with Crippen LogP contribution in [0.15, 0.2) is 60.7 Å². The highest BCUT2D eigenvalue weighted by Crippen LogP contribution is 2.31. The molecule has 1 atom stereocenters. The lowest BCUT2D eigenvalue weighted by Gasteiger charge is -2.19. The van der Waals surface area contributed by atoms with E-state index in [2.05, 4.69) is 10.6 Å². The molecule has 6 nitrogen and oxygen atoms in total. The number of nitrogens with zero attached hydrogens (tertiary/aromatic N) is 1. The first-order valence-corrected chi connectivity index (χ1v) is 10.4. The van der Waals surface area contributed by atoms with Crippen molar-refractivity contribution in [3.63, 3.8) is 0 Å². The summed E-state index contributed by atoms with van der Waals surface area (Å²) in [7, 11) is 0. The van der Waals surface area contributed by atoms with E-state index in [4.69, 9.17) is 11.6 Å². The Labute approximate surface area is 185 Å². The van der Waals surface area contributed by atoms with Gasteiger partial charge in [-0.3, -0.25) is 14.4 Å². The summed E-state index contributed by atoms with van der Waals surface area (Å²) in [5.74, 6) is -1.27. The van der Waals surface area contributed by atoms with Crippen LogP contribution in [0.25, 0.3) is 10.8 Å². The molecule has 7 heteroatoms. The van der Waals surface area contributed by atoms with Crippen molar-refractivity contribution in [1.29, 1.82) is 0 Å². The van der Waals surface area contributed by atoms with Gasteiger partial charge in [0.1, 0.15) is 0 Å². The Morgan fingerprint density at radius 1 is 1.06 bits per heavy atom. The fourth-order valence-corrected chi connectivity index (χ4v) is 3.98. The van der Waals surface area contributed by atoms with Gasteiger partial charge >= 0.3 is 0 Å². The molecule has 0 aromatic heterocycles. The zero-order valence-electron chi connectivity index (χ0n) is 17.0. The highest BCUT2D eigenvalue weighted by Gasteiger charge is 2.35. The first-order valence-electron chi connectivity index (χ1n) is 10.0. The smallest absolute Gasteiger partial charge is 0.243 e. The van der Waals surface area contributed by atoms with Crippen LogP contribution in [-0.4, -0.2) is 30.8 Å². The second-order valence-electron chi connectivity index (χ2n) is 7.58. The number of rotatable bonds is 5. The third kappa shape index (κ3) is 4.39. The van der Waals surface area contributed by atoms with Crippen molar-refractivity contribution in [2.24, 2.45) is 5.92 Å². The number of amides is 3. The van der Waals surface area contributed by atoms with Crippen molar-refractivity contribution in [3.8, 4) is 0 Å². The van der Waals surface area contributed by atoms with Gasteiger partial charge in [-0.2, -0.15) is 0 Å². The van der Waals surface area contributed by atoms with Gasteiger partial charge in [0, 0.05) is 29.1 Å². The van der Waals surface area contributed by atoms with Gasteiger partial charge < -0.3 is 15.5 Å². The van der Waals surface area contributed by atoms with Crippen molar-refractivity contribution in [1.82, 2.24) is 5.32 Å². The lowest BCUT2D eigenvalue weighted by molar-refractivity contribution is -0.127. The van der Waals surface area contributed by atoms with Crippen LogP contribution in [0.2, 0.25) is 5.02 Å². The standard InChI is InChI=1S/C24H22ClN3O3/c1-15-19(25)9-5-10-20(15)27-22(29)13-26-24(31)17-12-23(30)28(14-17)21-11-4-7-16-6-2-3-8-18(16)21/h2-11,17H,12-14H2,1H3,(H,26,31)(H,27,29)/t17-/m0/s1. The summed E-state index contributed by atoms with van der Waals surface area (Å²) in [5.41, 5.74) is 2.16. The molecule has 3 aromatic carbocycles. The monoisotopic (exact) mass is 435 g/mol. The van der Waals surface area contributed by atoms with Crippen LogP contribution >= 0.6 is 11.6 Å². The molecule has 1 saturated heterocycles. The molecule has 0 aliphatic carbocycles. The van der Waals surface area contributed by atoms with Crippen LogP contribution in [0.3, 0.4) is 0 Å². The zero-order chi connectivity index (χ0) is 22.0. The largest absolute Gasteiger partial charge is 0.347 e. The Kier molecular flexibility index (Phi) is 5.91. The number of anilines is 2. The molecule has 31 heavy (non-hydrogen) atoms. The van der Waals surface area contributed by atoms with Crippen molar-refractivity contribution >= 4 is 51.5 Å². The molecule has 0 radical (unpaired) electrons. The van der Waals surface area contributed by atoms with Crippen LogP contribution in [0, 0.1) is 12.8 Å². The first kappa shape index (κ1) is 20.9. The zero-order valence-corrected chi connectivity index (χ0v) is 17.8. The van der Waals surface area contributed by atoms with Gasteiger partial charge in [-0.25, -0.2) is 0 Å². The Hall–Kier alpha value is -3.38. The summed E-state index contributed by atoms with van der Waals surface area (Å²) in [6.45, 7) is 1.92. The van der Waals surface area contributed by atoms with Crippen LogP contribution in [0.5, 0.6) is 0 Å². The number of halogens is 1. The second-order valence-corrected chi connectivity index (χ2v) is 7.99. The maximum atomic E-state index is 12.6. The minimum atomic E-state index is -0.507. The van der Waals surface area contributed by atoms with Crippen molar-refractivity contribution in [3.05, 3.63) is 71.2 Å². The maximum absolute atomic E-state index is 12.6. The van der Waals surface area contributed by atoms with Crippen LogP contribution in [0.4, 0.5) is 11.4 Å². The number of carbonyl (C=O) groups is 3. The van der Waals surface area contributed by atoms with Crippen LogP contribution < -0.4 is 15.5 Å². The van der Waals surface area contributed by atoms with Gasteiger partial charge in [-0.15, -0.1) is 0 Å². The molecule has 0 spiro atoms. The number of nitrogens with one attached hydrogen (secondary N) is 2. The fourth-order valence-electron chi connectivity index (χ4n) is 3.81. The molecule has 4 rings (SSSR count). The lowest BCUT2D eigenvalue weighted by Crippen LogP contribution is -2.38. The van der Waals surface area contributed by atoms with Crippen molar-refractivity contribution in [2.75, 3.05) is 23.3 Å². The quantitative estimate of drug-likeness (QED) is 0.637. The highest BCUT2D eigenvalue weighted by atomic mass is 35.5. The number of hydrogen-bond donors (Lipinski definition) is 2. The van der Waals surface area contributed by atoms with Gasteiger partial charge in [-0.05, 0) is 36.1 Å². The summed E-state index contributed by atoms with van der Waals surface area (Å²) < 4.78 is 0. The SMILES string of the molecule is Cc1c(Cl)cccc1NC(=O)CNC(=O)[C@H]1CC(=O)N(c2cccc3ccccc23)C1. The lowest BCUT2D eigenvalue weighted by atomic mass is 10.1. The van der Waals surface area contributed by atoms with E-state index in [-0.39, 0.29) is 37.2 Å². The molecule has 158 valence electrons. The van der Waals surface area contributed by atoms with Gasteiger partial charge in [0.25, 0.3) is 0 Å². The van der Waals surface area contributed by atoms with Crippen molar-refractivity contribution in [2.45, 2.75) is 13.3 Å². The summed E-state index contributed by atoms with van der Waals surface area (Å²) in [6.07, 6.45) is 0.115. The van der Waals surface area contributed by atoms with Gasteiger partial charge in [0.05, 0.1) is 18.2 Å². The Morgan fingerprint density at radius 3 is 2.65 bits per heavy atom. The molecule has 1 fully saturated rings. The van der Waals surface area contributed by atoms with Gasteiger partial charge in [0.2, 0.25) is 17.7 Å². The Bertz CT molecular complexity index is 1170. The maximum Gasteiger partial charge on any atom is 0.243 e. The number of hydrogen-bond acceptors (Lipinski definition) is 3. The minimum Gasteiger partial charge on any atom is -0.347 e. The van der Waals surface area contributed by atoms with Crippen LogP contribution in [0.1, 0.15) is 12.0 Å². The van der Waals surface area contributed by atoms with E-state index in [1.807, 2.05) is 49.4 Å². The molecule has 0 unspecified atom stereocenters. The van der Waals surface area contributed by atoms with Gasteiger partial charge in [-0.1, -0.05) is 54.1 Å². The Balaban J connectivity index is 1.38. The van der Waals surface area contributed by atoms with Crippen molar-refractivity contribution < 1.29 is 14.4 Å². The van der Waals surface area contributed by atoms with E-state index < -0.39 is 5.92 Å². The molecule has 1 heterocycles. The summed E-state index contributed by atoms with van der Waals surface area (Å²) in [5, 5.41) is 7.95. The third-order valence-corrected chi connectivity index (χ3v) is 5.93. The van der Waals surface area contributed by atoms with E-state index in [0.29, 0.717) is 10.7 Å². The molecule has 3 amide bonds. The molecule has 3 aromatic rings. The molecular weight excluding hydrogens is 414 g/mol. The molecule has 0 bridgehead atoms. The minimum absolute atomic E-state index is 0.101. The predicted molar refractivity (Wildman–Crippen MR) is 122 cm³/mol. The highest BCUT2D eigenvalue weighted by molar-refractivity contribution is 6.31. The predicted octanol–water partition coefficient (Wildman–Crippen LogP) is 3.91. The van der Waals surface area contributed by atoms with Gasteiger partial charge in [0.15, 0.2) is 0 Å². The average Bonchev–Trinajstić information content (AvgIpc) is 3.16. The van der Waals surface area contributed by atoms with E-state index in [1.54, 1.807) is 23.1 Å². The number of benzene rings is 3. The Morgan fingerprint density at radius 2 is 1.81 bits per heavy atom. The van der Waals surface area contributed by atoms with E-state index in [9.17, 15) is 14.4 Å². The van der Waals surface area contributed by atoms with E-state index in [1.165, 1.54) is 0 Å². The normalized spacial score (nSPS) is 15.9. The average molecular weight is 436 g/mol. The number of carbonyl (C=O) groups excluding carboxylic acids is 3. The summed E-state index contributed by atoms with van der Waals surface area (Å²) >= 11 is 6.07. The topological polar surface area (TPSA) is 78.5 Å². The molecule has 1 aliphatic heterocycles. The number of fused-ring (bicyclic) bond motifs is 1. The molecule has 1 aliphatic rings. The molecule has 0 saturated carbocycles. The van der Waals surface area contributed by atoms with Crippen LogP contribution in [-0.2, 0) is 14.4 Å². The fraction of sp³-hybridized carbons (Fsp3) is 0.208. The molecule has 2 N–H and O–H groups in total. The first-order chi connectivity index (χ1) is 14.9. The summed E-state index contributed by atoms with van der Waals surface area (Å²) in [6, 6.07) is 18.9. The van der Waals surface area contributed by atoms with E-state index in [0.717, 1.165) is 22.0 Å². The summed E-state index contributed by atoms with van der Waals surface area (Å²) in [4.78, 5) is 39.2. The second kappa shape index (κ2) is 8.78.